The fourth-order valence-electron chi connectivity index (χ4n) is 2.30. The Bertz CT molecular complexity index is 374. The van der Waals surface area contributed by atoms with Crippen LogP contribution in [0.5, 0.6) is 0 Å². The van der Waals surface area contributed by atoms with E-state index < -0.39 is 0 Å². The number of rotatable bonds is 5. The zero-order valence-corrected chi connectivity index (χ0v) is 11.2. The number of hydrogen-bond acceptors (Lipinski definition) is 5. The van der Waals surface area contributed by atoms with Gasteiger partial charge in [0.2, 0.25) is 0 Å². The molecule has 0 radical (unpaired) electrons. The molecule has 0 spiro atoms. The van der Waals surface area contributed by atoms with Crippen LogP contribution >= 0.6 is 0 Å². The minimum absolute atomic E-state index is 0.130. The smallest absolute Gasteiger partial charge is 0.127 e. The van der Waals surface area contributed by atoms with E-state index in [0.717, 1.165) is 31.1 Å². The maximum absolute atomic E-state index is 5.45. The Hall–Kier alpha value is -1.33. The van der Waals surface area contributed by atoms with E-state index in [4.69, 9.17) is 9.47 Å². The van der Waals surface area contributed by atoms with Crippen LogP contribution in [-0.2, 0) is 9.47 Å². The Balaban J connectivity index is 2.10. The summed E-state index contributed by atoms with van der Waals surface area (Å²) in [5.74, 6) is 0.907. The van der Waals surface area contributed by atoms with E-state index in [-0.39, 0.29) is 12.2 Å². The SMILES string of the molecule is CCNc1cc(N2CC(OC)C(OC)C2)ccn1. The summed E-state index contributed by atoms with van der Waals surface area (Å²) in [6, 6.07) is 4.08. The predicted molar refractivity (Wildman–Crippen MR) is 72.2 cm³/mol. The molecular weight excluding hydrogens is 230 g/mol. The van der Waals surface area contributed by atoms with Gasteiger partial charge in [-0.05, 0) is 13.0 Å². The largest absolute Gasteiger partial charge is 0.377 e. The van der Waals surface area contributed by atoms with Gasteiger partial charge >= 0.3 is 0 Å². The summed E-state index contributed by atoms with van der Waals surface area (Å²) in [6.07, 6.45) is 2.09. The van der Waals surface area contributed by atoms with Crippen LogP contribution in [0.15, 0.2) is 18.3 Å². The van der Waals surface area contributed by atoms with Crippen LogP contribution in [-0.4, -0.2) is 51.0 Å². The highest BCUT2D eigenvalue weighted by Crippen LogP contribution is 2.24. The third-order valence-corrected chi connectivity index (χ3v) is 3.29. The highest BCUT2D eigenvalue weighted by molar-refractivity contribution is 5.54. The van der Waals surface area contributed by atoms with E-state index in [2.05, 4.69) is 28.2 Å². The standard InChI is InChI=1S/C13H21N3O2/c1-4-14-13-7-10(5-6-15-13)16-8-11(17-2)12(9-16)18-3/h5-7,11-12H,4,8-9H2,1-3H3,(H,14,15). The number of hydrogen-bond donors (Lipinski definition) is 1. The van der Waals surface area contributed by atoms with Gasteiger partial charge in [-0.3, -0.25) is 0 Å². The zero-order valence-electron chi connectivity index (χ0n) is 11.2. The lowest BCUT2D eigenvalue weighted by Gasteiger charge is -2.18. The van der Waals surface area contributed by atoms with Gasteiger partial charge in [0.25, 0.3) is 0 Å². The first-order chi connectivity index (χ1) is 8.78. The average Bonchev–Trinajstić information content (AvgIpc) is 2.82. The predicted octanol–water partition coefficient (Wildman–Crippen LogP) is 1.36. The molecular formula is C13H21N3O2. The molecule has 1 saturated heterocycles. The molecule has 1 aliphatic heterocycles. The molecule has 1 aromatic heterocycles. The van der Waals surface area contributed by atoms with E-state index in [0.29, 0.717) is 0 Å². The molecule has 2 rings (SSSR count). The molecule has 0 amide bonds. The van der Waals surface area contributed by atoms with Crippen molar-refractivity contribution in [2.75, 3.05) is 44.1 Å². The van der Waals surface area contributed by atoms with E-state index >= 15 is 0 Å². The monoisotopic (exact) mass is 251 g/mol. The Morgan fingerprint density at radius 3 is 2.56 bits per heavy atom. The van der Waals surface area contributed by atoms with Crippen LogP contribution in [0, 0.1) is 0 Å². The van der Waals surface area contributed by atoms with Crippen molar-refractivity contribution in [1.29, 1.82) is 0 Å². The Labute approximate surface area is 108 Å². The normalized spacial score (nSPS) is 23.4. The highest BCUT2D eigenvalue weighted by Gasteiger charge is 2.33. The zero-order chi connectivity index (χ0) is 13.0. The summed E-state index contributed by atoms with van der Waals surface area (Å²) in [7, 11) is 3.47. The molecule has 2 atom stereocenters. The lowest BCUT2D eigenvalue weighted by atomic mass is 10.3. The third-order valence-electron chi connectivity index (χ3n) is 3.29. The summed E-state index contributed by atoms with van der Waals surface area (Å²) in [5.41, 5.74) is 1.16. The van der Waals surface area contributed by atoms with Crippen molar-refractivity contribution in [3.05, 3.63) is 18.3 Å². The van der Waals surface area contributed by atoms with Gasteiger partial charge in [0.1, 0.15) is 18.0 Å². The number of anilines is 2. The second-order valence-electron chi connectivity index (χ2n) is 4.38. The van der Waals surface area contributed by atoms with Crippen LogP contribution in [0.2, 0.25) is 0 Å². The molecule has 1 fully saturated rings. The maximum atomic E-state index is 5.45. The Morgan fingerprint density at radius 2 is 2.00 bits per heavy atom. The molecule has 0 bridgehead atoms. The lowest BCUT2D eigenvalue weighted by molar-refractivity contribution is -0.00461. The minimum atomic E-state index is 0.130. The van der Waals surface area contributed by atoms with Gasteiger partial charge < -0.3 is 19.7 Å². The second kappa shape index (κ2) is 6.02. The molecule has 0 aliphatic carbocycles. The van der Waals surface area contributed by atoms with Gasteiger partial charge in [-0.2, -0.15) is 0 Å². The molecule has 5 nitrogen and oxygen atoms in total. The van der Waals surface area contributed by atoms with Crippen molar-refractivity contribution in [2.45, 2.75) is 19.1 Å². The van der Waals surface area contributed by atoms with Crippen molar-refractivity contribution >= 4 is 11.5 Å². The molecule has 1 N–H and O–H groups in total. The van der Waals surface area contributed by atoms with Gasteiger partial charge in [0.05, 0.1) is 0 Å². The molecule has 2 unspecified atom stereocenters. The molecule has 5 heteroatoms. The molecule has 100 valence electrons. The maximum Gasteiger partial charge on any atom is 0.127 e. The van der Waals surface area contributed by atoms with E-state index in [1.165, 1.54) is 0 Å². The van der Waals surface area contributed by atoms with Crippen molar-refractivity contribution in [1.82, 2.24) is 4.98 Å². The molecule has 2 heterocycles. The van der Waals surface area contributed by atoms with Gasteiger partial charge in [-0.15, -0.1) is 0 Å². The number of pyridine rings is 1. The van der Waals surface area contributed by atoms with Crippen molar-refractivity contribution in [2.24, 2.45) is 0 Å². The van der Waals surface area contributed by atoms with Crippen LogP contribution in [0.3, 0.4) is 0 Å². The van der Waals surface area contributed by atoms with E-state index in [1.807, 2.05) is 12.3 Å². The van der Waals surface area contributed by atoms with Crippen LogP contribution < -0.4 is 10.2 Å². The van der Waals surface area contributed by atoms with Gasteiger partial charge in [-0.25, -0.2) is 4.98 Å². The highest BCUT2D eigenvalue weighted by atomic mass is 16.5. The average molecular weight is 251 g/mol. The molecule has 1 aromatic rings. The van der Waals surface area contributed by atoms with E-state index in [1.54, 1.807) is 14.2 Å². The van der Waals surface area contributed by atoms with Crippen molar-refractivity contribution < 1.29 is 9.47 Å². The summed E-state index contributed by atoms with van der Waals surface area (Å²) >= 11 is 0. The fourth-order valence-corrected chi connectivity index (χ4v) is 2.30. The van der Waals surface area contributed by atoms with Crippen LogP contribution in [0.1, 0.15) is 6.92 Å². The lowest BCUT2D eigenvalue weighted by Crippen LogP contribution is -2.27. The number of aromatic nitrogens is 1. The molecule has 0 saturated carbocycles. The van der Waals surface area contributed by atoms with Crippen LogP contribution in [0.4, 0.5) is 11.5 Å². The summed E-state index contributed by atoms with van der Waals surface area (Å²) in [6.45, 7) is 4.64. The number of ether oxygens (including phenoxy) is 2. The first-order valence-corrected chi connectivity index (χ1v) is 6.29. The van der Waals surface area contributed by atoms with Gasteiger partial charge in [0.15, 0.2) is 0 Å². The van der Waals surface area contributed by atoms with Gasteiger partial charge in [0, 0.05) is 51.8 Å². The first kappa shape index (κ1) is 13.1. The summed E-state index contributed by atoms with van der Waals surface area (Å²) < 4.78 is 10.9. The number of nitrogens with one attached hydrogen (secondary N) is 1. The molecule has 0 aromatic carbocycles. The summed E-state index contributed by atoms with van der Waals surface area (Å²) in [5, 5.41) is 3.22. The fraction of sp³-hybridized carbons (Fsp3) is 0.615. The second-order valence-corrected chi connectivity index (χ2v) is 4.38. The summed E-state index contributed by atoms with van der Waals surface area (Å²) in [4.78, 5) is 6.55. The topological polar surface area (TPSA) is 46.6 Å². The van der Waals surface area contributed by atoms with Crippen molar-refractivity contribution in [3.63, 3.8) is 0 Å². The first-order valence-electron chi connectivity index (χ1n) is 6.29. The van der Waals surface area contributed by atoms with Crippen LogP contribution in [0.25, 0.3) is 0 Å². The quantitative estimate of drug-likeness (QED) is 0.856. The number of methoxy groups -OCH3 is 2. The number of nitrogens with zero attached hydrogens (tertiary/aromatic N) is 2. The molecule has 1 aliphatic rings. The van der Waals surface area contributed by atoms with Crippen molar-refractivity contribution in [3.8, 4) is 0 Å². The van der Waals surface area contributed by atoms with Gasteiger partial charge in [-0.1, -0.05) is 0 Å². The molecule has 18 heavy (non-hydrogen) atoms. The van der Waals surface area contributed by atoms with E-state index in [9.17, 15) is 0 Å². The minimum Gasteiger partial charge on any atom is -0.377 e. The Kier molecular flexibility index (Phi) is 4.38. The third kappa shape index (κ3) is 2.73. The Morgan fingerprint density at radius 1 is 1.33 bits per heavy atom.